The number of phenolic OH excluding ortho intramolecular Hbond substituents is 1. The van der Waals surface area contributed by atoms with Gasteiger partial charge in [0.2, 0.25) is 5.78 Å². The molecule has 1 heterocycles. The molecule has 4 rings (SSSR count). The van der Waals surface area contributed by atoms with Gasteiger partial charge >= 0.3 is 5.97 Å². The van der Waals surface area contributed by atoms with Gasteiger partial charge in [-0.2, -0.15) is 0 Å². The number of carboxylic acids is 1. The van der Waals surface area contributed by atoms with Crippen LogP contribution in [-0.2, 0) is 16.0 Å². The molecule has 196 valence electrons. The average Bonchev–Trinajstić information content (AvgIpc) is 3.22. The zero-order chi connectivity index (χ0) is 27.2. The molecule has 0 aromatic heterocycles. The number of aromatic hydroxyl groups is 1. The summed E-state index contributed by atoms with van der Waals surface area (Å²) in [5, 5.41) is 21.3. The number of carbonyl (C=O) groups excluding carboxylic acids is 2. The molecule has 3 aromatic rings. The van der Waals surface area contributed by atoms with Crippen molar-refractivity contribution in [2.45, 2.75) is 12.5 Å². The predicted molar refractivity (Wildman–Crippen MR) is 136 cm³/mol. The fourth-order valence-electron chi connectivity index (χ4n) is 3.88. The topological polar surface area (TPSA) is 141 Å². The van der Waals surface area contributed by atoms with Gasteiger partial charge in [0.15, 0.2) is 23.9 Å². The molecule has 3 aromatic carbocycles. The lowest BCUT2D eigenvalue weighted by molar-refractivity contribution is -0.142. The minimum absolute atomic E-state index is 0.0311. The molecule has 10 heteroatoms. The number of hydrogen-bond donors (Lipinski definition) is 3. The number of allylic oxidation sites excluding steroid dienone is 1. The van der Waals surface area contributed by atoms with Crippen LogP contribution >= 0.6 is 0 Å². The van der Waals surface area contributed by atoms with Gasteiger partial charge in [0.1, 0.15) is 23.3 Å². The summed E-state index contributed by atoms with van der Waals surface area (Å²) in [5.74, 6) is -0.549. The van der Waals surface area contributed by atoms with Crippen molar-refractivity contribution in [3.05, 3.63) is 83.1 Å². The van der Waals surface area contributed by atoms with Crippen molar-refractivity contribution in [3.8, 4) is 28.7 Å². The molecule has 38 heavy (non-hydrogen) atoms. The molecule has 0 saturated heterocycles. The van der Waals surface area contributed by atoms with E-state index < -0.39 is 24.5 Å². The number of benzene rings is 3. The minimum Gasteiger partial charge on any atom is -0.508 e. The highest BCUT2D eigenvalue weighted by molar-refractivity contribution is 6.14. The number of rotatable bonds is 10. The molecular formula is C28H25NO9. The van der Waals surface area contributed by atoms with Crippen LogP contribution in [-0.4, -0.2) is 54.7 Å². The van der Waals surface area contributed by atoms with Gasteiger partial charge in [-0.1, -0.05) is 24.3 Å². The molecule has 0 radical (unpaired) electrons. The maximum absolute atomic E-state index is 12.8. The van der Waals surface area contributed by atoms with Gasteiger partial charge in [0, 0.05) is 18.1 Å². The average molecular weight is 520 g/mol. The zero-order valence-corrected chi connectivity index (χ0v) is 20.6. The van der Waals surface area contributed by atoms with E-state index in [0.29, 0.717) is 28.2 Å². The Bertz CT molecular complexity index is 1400. The number of nitrogens with one attached hydrogen (secondary N) is 1. The second-order valence-electron chi connectivity index (χ2n) is 8.30. The van der Waals surface area contributed by atoms with E-state index in [1.807, 2.05) is 0 Å². The lowest BCUT2D eigenvalue weighted by atomic mass is 10.1. The summed E-state index contributed by atoms with van der Waals surface area (Å²) in [6.07, 6.45) is 1.58. The van der Waals surface area contributed by atoms with Crippen LogP contribution in [0.3, 0.4) is 0 Å². The van der Waals surface area contributed by atoms with E-state index in [0.717, 1.165) is 0 Å². The molecule has 1 aliphatic heterocycles. The van der Waals surface area contributed by atoms with Gasteiger partial charge in [0.25, 0.3) is 5.91 Å². The molecule has 0 unspecified atom stereocenters. The number of carboxylic acid groups (broad SMARTS) is 1. The van der Waals surface area contributed by atoms with E-state index >= 15 is 0 Å². The summed E-state index contributed by atoms with van der Waals surface area (Å²) in [6.45, 7) is -0.449. The zero-order valence-electron chi connectivity index (χ0n) is 20.6. The Hall–Kier alpha value is -4.99. The molecule has 10 nitrogen and oxygen atoms in total. The minimum atomic E-state index is -1.21. The molecular weight excluding hydrogens is 494 g/mol. The molecule has 1 amide bonds. The largest absolute Gasteiger partial charge is 0.508 e. The Morgan fingerprint density at radius 2 is 1.82 bits per heavy atom. The number of fused-ring (bicyclic) bond motifs is 1. The summed E-state index contributed by atoms with van der Waals surface area (Å²) in [4.78, 5) is 36.8. The number of carbonyl (C=O) groups is 3. The van der Waals surface area contributed by atoms with Gasteiger partial charge in [0.05, 0.1) is 19.8 Å². The third kappa shape index (κ3) is 5.86. The Balaban J connectivity index is 1.40. The first-order chi connectivity index (χ1) is 18.3. The van der Waals surface area contributed by atoms with Gasteiger partial charge in [-0.05, 0) is 42.0 Å². The second kappa shape index (κ2) is 11.4. The first-order valence-electron chi connectivity index (χ1n) is 11.5. The van der Waals surface area contributed by atoms with Crippen molar-refractivity contribution >= 4 is 23.7 Å². The second-order valence-corrected chi connectivity index (χ2v) is 8.30. The van der Waals surface area contributed by atoms with Crippen LogP contribution in [0.15, 0.2) is 66.4 Å². The van der Waals surface area contributed by atoms with Crippen LogP contribution in [0.25, 0.3) is 6.08 Å². The normalized spacial score (nSPS) is 13.8. The highest BCUT2D eigenvalue weighted by Crippen LogP contribution is 2.37. The lowest BCUT2D eigenvalue weighted by Gasteiger charge is -2.15. The van der Waals surface area contributed by atoms with Gasteiger partial charge < -0.3 is 34.5 Å². The van der Waals surface area contributed by atoms with E-state index in [9.17, 15) is 24.6 Å². The monoisotopic (exact) mass is 519 g/mol. The van der Waals surface area contributed by atoms with Crippen LogP contribution < -0.4 is 24.3 Å². The number of hydrogen-bond acceptors (Lipinski definition) is 8. The van der Waals surface area contributed by atoms with Crippen LogP contribution in [0.1, 0.15) is 21.5 Å². The standard InChI is InChI=1S/C28H25NO9/c1-35-22-5-3-4-17(27(22)36-2)13-24-26(32)20-11-10-19(14-23(20)38-24)37-15-25(31)29-21(28(33)34)12-16-6-8-18(30)9-7-16/h3-11,13-14,21,30H,12,15H2,1-2H3,(H,29,31)(H,33,34)/b24-13-/t21-/m1/s1. The van der Waals surface area contributed by atoms with Crippen molar-refractivity contribution in [1.82, 2.24) is 5.32 Å². The molecule has 0 fully saturated rings. The lowest BCUT2D eigenvalue weighted by Crippen LogP contribution is -2.44. The van der Waals surface area contributed by atoms with Gasteiger partial charge in [-0.25, -0.2) is 4.79 Å². The van der Waals surface area contributed by atoms with Crippen molar-refractivity contribution < 1.29 is 43.5 Å². The summed E-state index contributed by atoms with van der Waals surface area (Å²) < 4.78 is 22.0. The number of phenols is 1. The summed E-state index contributed by atoms with van der Waals surface area (Å²) in [7, 11) is 3.01. The van der Waals surface area contributed by atoms with E-state index in [1.165, 1.54) is 44.6 Å². The molecule has 1 atom stereocenters. The van der Waals surface area contributed by atoms with Crippen LogP contribution in [0.4, 0.5) is 0 Å². The molecule has 0 aliphatic carbocycles. The predicted octanol–water partition coefficient (Wildman–Crippen LogP) is 3.22. The number of ketones is 1. The first kappa shape index (κ1) is 26.1. The number of Topliss-reactive ketones (excluding diaryl/α,β-unsaturated/α-hetero) is 1. The third-order valence-electron chi connectivity index (χ3n) is 5.74. The Kier molecular flexibility index (Phi) is 7.81. The highest BCUT2D eigenvalue weighted by atomic mass is 16.5. The number of ether oxygens (including phenoxy) is 4. The maximum atomic E-state index is 12.8. The van der Waals surface area contributed by atoms with Crippen molar-refractivity contribution in [2.75, 3.05) is 20.8 Å². The fraction of sp³-hybridized carbons (Fsp3) is 0.179. The SMILES string of the molecule is COc1cccc(/C=C2\Oc3cc(OCC(=O)N[C@H](Cc4ccc(O)cc4)C(=O)O)ccc3C2=O)c1OC. The number of methoxy groups -OCH3 is 2. The van der Waals surface area contributed by atoms with Crippen LogP contribution in [0, 0.1) is 0 Å². The quantitative estimate of drug-likeness (QED) is 0.344. The molecule has 0 bridgehead atoms. The molecule has 0 saturated carbocycles. The van der Waals surface area contributed by atoms with E-state index in [2.05, 4.69) is 5.32 Å². The Labute approximate surface area is 218 Å². The van der Waals surface area contributed by atoms with E-state index in [1.54, 1.807) is 36.4 Å². The maximum Gasteiger partial charge on any atom is 0.326 e. The highest BCUT2D eigenvalue weighted by Gasteiger charge is 2.28. The van der Waals surface area contributed by atoms with Crippen molar-refractivity contribution in [2.24, 2.45) is 0 Å². The summed E-state index contributed by atoms with van der Waals surface area (Å²) in [6, 6.07) is 14.6. The third-order valence-corrected chi connectivity index (χ3v) is 5.74. The Morgan fingerprint density at radius 3 is 2.50 bits per heavy atom. The fourth-order valence-corrected chi connectivity index (χ4v) is 3.88. The summed E-state index contributed by atoms with van der Waals surface area (Å²) >= 11 is 0. The van der Waals surface area contributed by atoms with Crippen molar-refractivity contribution in [3.63, 3.8) is 0 Å². The van der Waals surface area contributed by atoms with E-state index in [4.69, 9.17) is 18.9 Å². The van der Waals surface area contributed by atoms with Gasteiger partial charge in [-0.3, -0.25) is 9.59 Å². The van der Waals surface area contributed by atoms with Crippen LogP contribution in [0.5, 0.6) is 28.7 Å². The van der Waals surface area contributed by atoms with Gasteiger partial charge in [-0.15, -0.1) is 0 Å². The summed E-state index contributed by atoms with van der Waals surface area (Å²) in [5.41, 5.74) is 1.55. The smallest absolute Gasteiger partial charge is 0.326 e. The molecule has 0 spiro atoms. The first-order valence-corrected chi connectivity index (χ1v) is 11.5. The number of amides is 1. The molecule has 3 N–H and O–H groups in total. The van der Waals surface area contributed by atoms with E-state index in [-0.39, 0.29) is 35.2 Å². The number of aliphatic carboxylic acids is 1. The van der Waals surface area contributed by atoms with Crippen LogP contribution in [0.2, 0.25) is 0 Å². The number of para-hydroxylation sites is 1. The molecule has 1 aliphatic rings. The van der Waals surface area contributed by atoms with Crippen molar-refractivity contribution in [1.29, 1.82) is 0 Å². The Morgan fingerprint density at radius 1 is 1.05 bits per heavy atom.